The summed E-state index contributed by atoms with van der Waals surface area (Å²) in [6.45, 7) is 9.10. The maximum atomic E-state index is 13.1. The van der Waals surface area contributed by atoms with E-state index in [1.807, 2.05) is 13.8 Å². The van der Waals surface area contributed by atoms with Crippen molar-refractivity contribution in [2.75, 3.05) is 6.00 Å². The molecule has 0 saturated carbocycles. The summed E-state index contributed by atoms with van der Waals surface area (Å²) < 4.78 is 39.2. The number of nitrogens with zero attached hydrogens (tertiary/aromatic N) is 2. The minimum atomic E-state index is -4.52. The van der Waals surface area contributed by atoms with Crippen LogP contribution in [0.25, 0.3) is 0 Å². The number of nitrogens with one attached hydrogen (secondary N) is 1. The average Bonchev–Trinajstić information content (AvgIpc) is 2.59. The zero-order valence-corrected chi connectivity index (χ0v) is 16.4. The molecular weight excluding hydrogens is 386 g/mol. The third-order valence-corrected chi connectivity index (χ3v) is 4.43. The Morgan fingerprint density at radius 2 is 1.92 bits per heavy atom. The summed E-state index contributed by atoms with van der Waals surface area (Å²) in [4.78, 5) is 8.44. The molecule has 0 bridgehead atoms. The Kier molecular flexibility index (Phi) is 8.63. The van der Waals surface area contributed by atoms with Crippen LogP contribution in [0.4, 0.5) is 13.2 Å². The number of benzene rings is 1. The van der Waals surface area contributed by atoms with Crippen LogP contribution < -0.4 is 5.32 Å². The van der Waals surface area contributed by atoms with Gasteiger partial charge in [-0.1, -0.05) is 37.6 Å². The molecule has 8 heteroatoms. The molecule has 0 spiro atoms. The van der Waals surface area contributed by atoms with Gasteiger partial charge < -0.3 is 5.32 Å². The zero-order valence-electron chi connectivity index (χ0n) is 14.9. The summed E-state index contributed by atoms with van der Waals surface area (Å²) in [7, 11) is 0. The average molecular weight is 408 g/mol. The second kappa shape index (κ2) is 9.97. The van der Waals surface area contributed by atoms with Gasteiger partial charge in [0, 0.05) is 11.3 Å². The molecule has 1 unspecified atom stereocenters. The van der Waals surface area contributed by atoms with Gasteiger partial charge in [0.1, 0.15) is 0 Å². The number of hydrogen-bond donors (Lipinski definition) is 1. The Balaban J connectivity index is 3.39. The number of rotatable bonds is 7. The highest BCUT2D eigenvalue weighted by Gasteiger charge is 2.34. The lowest BCUT2D eigenvalue weighted by Gasteiger charge is -2.17. The summed E-state index contributed by atoms with van der Waals surface area (Å²) in [5, 5.41) is 2.70. The molecular formula is C18H22Cl2F3N3. The fraction of sp³-hybridized carbons (Fsp3) is 0.444. The van der Waals surface area contributed by atoms with E-state index in [1.54, 1.807) is 6.92 Å². The van der Waals surface area contributed by atoms with Crippen molar-refractivity contribution in [2.45, 2.75) is 45.8 Å². The number of halogens is 5. The molecule has 0 fully saturated rings. The van der Waals surface area contributed by atoms with E-state index in [-0.39, 0.29) is 16.6 Å². The second-order valence-electron chi connectivity index (χ2n) is 5.47. The Labute approximate surface area is 162 Å². The van der Waals surface area contributed by atoms with E-state index < -0.39 is 17.8 Å². The molecule has 26 heavy (non-hydrogen) atoms. The fourth-order valence-corrected chi connectivity index (χ4v) is 3.14. The van der Waals surface area contributed by atoms with E-state index in [0.717, 1.165) is 17.3 Å². The first-order valence-corrected chi connectivity index (χ1v) is 9.04. The molecule has 3 nitrogen and oxygen atoms in total. The van der Waals surface area contributed by atoms with Gasteiger partial charge in [-0.15, -0.1) is 11.6 Å². The van der Waals surface area contributed by atoms with Gasteiger partial charge in [-0.05, 0) is 38.1 Å². The third-order valence-electron chi connectivity index (χ3n) is 3.87. The lowest BCUT2D eigenvalue weighted by molar-refractivity contribution is -0.137. The number of allylic oxidation sites excluding steroid dienone is 1. The highest BCUT2D eigenvalue weighted by atomic mass is 35.5. The van der Waals surface area contributed by atoms with Crippen LogP contribution in [-0.4, -0.2) is 18.6 Å². The molecule has 0 aromatic heterocycles. The largest absolute Gasteiger partial charge is 0.417 e. The van der Waals surface area contributed by atoms with Gasteiger partial charge in [0.15, 0.2) is 5.84 Å². The molecule has 0 aliphatic carbocycles. The summed E-state index contributed by atoms with van der Waals surface area (Å²) in [5.74, 6) is 0.364. The van der Waals surface area contributed by atoms with Crippen molar-refractivity contribution in [3.63, 3.8) is 0 Å². The Morgan fingerprint density at radius 1 is 1.27 bits per heavy atom. The summed E-state index contributed by atoms with van der Waals surface area (Å²) in [5.41, 5.74) is 1.09. The minimum Gasteiger partial charge on any atom is -0.375 e. The topological polar surface area (TPSA) is 36.8 Å². The summed E-state index contributed by atoms with van der Waals surface area (Å²) in [6.07, 6.45) is -3.22. The normalized spacial score (nSPS) is 14.7. The van der Waals surface area contributed by atoms with Crippen LogP contribution in [0.2, 0.25) is 5.02 Å². The Hall–Kier alpha value is -1.53. The van der Waals surface area contributed by atoms with E-state index in [0.29, 0.717) is 18.7 Å². The number of hydrogen-bond acceptors (Lipinski definition) is 2. The van der Waals surface area contributed by atoms with Gasteiger partial charge in [-0.2, -0.15) is 13.2 Å². The molecule has 0 aliphatic rings. The first kappa shape index (κ1) is 22.5. The maximum absolute atomic E-state index is 13.1. The molecule has 1 aromatic carbocycles. The number of amidine groups is 1. The highest BCUT2D eigenvalue weighted by Crippen LogP contribution is 2.38. The number of alkyl halides is 4. The lowest BCUT2D eigenvalue weighted by Crippen LogP contribution is -2.16. The standard InChI is InChI=1S/C18H22Cl2F3N3/c1-5-12(15(6-2)25-10-19)17(24-4)26-11(3)13-8-7-9-14(16(13)20)18(21,22)23/h7-9,11,25H,4-6,10H2,1-3H3/b15-12-,26-17?. The van der Waals surface area contributed by atoms with Crippen molar-refractivity contribution in [1.29, 1.82) is 0 Å². The fourth-order valence-electron chi connectivity index (χ4n) is 2.59. The maximum Gasteiger partial charge on any atom is 0.417 e. The van der Waals surface area contributed by atoms with Crippen LogP contribution in [-0.2, 0) is 6.18 Å². The lowest BCUT2D eigenvalue weighted by atomic mass is 10.0. The molecule has 0 saturated heterocycles. The highest BCUT2D eigenvalue weighted by molar-refractivity contribution is 6.32. The van der Waals surface area contributed by atoms with E-state index in [2.05, 4.69) is 22.0 Å². The van der Waals surface area contributed by atoms with Crippen molar-refractivity contribution in [2.24, 2.45) is 9.98 Å². The quantitative estimate of drug-likeness (QED) is 0.242. The van der Waals surface area contributed by atoms with Crippen molar-refractivity contribution < 1.29 is 13.2 Å². The predicted octanol–water partition coefficient (Wildman–Crippen LogP) is 6.38. The van der Waals surface area contributed by atoms with Crippen molar-refractivity contribution in [3.8, 4) is 0 Å². The molecule has 0 aliphatic heterocycles. The smallest absolute Gasteiger partial charge is 0.375 e. The van der Waals surface area contributed by atoms with Crippen molar-refractivity contribution in [1.82, 2.24) is 5.32 Å². The van der Waals surface area contributed by atoms with E-state index in [1.165, 1.54) is 12.1 Å². The van der Waals surface area contributed by atoms with Gasteiger partial charge in [-0.3, -0.25) is 4.99 Å². The third kappa shape index (κ3) is 5.48. The molecule has 1 atom stereocenters. The van der Waals surface area contributed by atoms with E-state index in [4.69, 9.17) is 23.2 Å². The Morgan fingerprint density at radius 3 is 2.38 bits per heavy atom. The van der Waals surface area contributed by atoms with Crippen LogP contribution in [0.3, 0.4) is 0 Å². The van der Waals surface area contributed by atoms with Crippen molar-refractivity contribution >= 4 is 35.8 Å². The number of aliphatic imine (C=N–C) groups is 2. The summed E-state index contributed by atoms with van der Waals surface area (Å²) >= 11 is 11.7. The molecule has 1 N–H and O–H groups in total. The molecule has 0 radical (unpaired) electrons. The van der Waals surface area contributed by atoms with Crippen LogP contribution in [0.15, 0.2) is 39.5 Å². The molecule has 0 amide bonds. The SMILES string of the molecule is C=NC(=NC(C)c1cccc(C(F)(F)F)c1Cl)/C(CC)=C(/CC)NCCl. The first-order chi connectivity index (χ1) is 12.2. The minimum absolute atomic E-state index is 0.228. The van der Waals surface area contributed by atoms with E-state index >= 15 is 0 Å². The predicted molar refractivity (Wildman–Crippen MR) is 103 cm³/mol. The molecule has 144 valence electrons. The summed E-state index contributed by atoms with van der Waals surface area (Å²) in [6, 6.07) is 3.40. The van der Waals surface area contributed by atoms with Gasteiger partial charge in [0.2, 0.25) is 0 Å². The van der Waals surface area contributed by atoms with Crippen molar-refractivity contribution in [3.05, 3.63) is 45.6 Å². The molecule has 0 heterocycles. The zero-order chi connectivity index (χ0) is 19.9. The van der Waals surface area contributed by atoms with Gasteiger partial charge in [0.05, 0.1) is 22.6 Å². The van der Waals surface area contributed by atoms with E-state index in [9.17, 15) is 13.2 Å². The second-order valence-corrected chi connectivity index (χ2v) is 6.11. The van der Waals surface area contributed by atoms with Gasteiger partial charge in [0.25, 0.3) is 0 Å². The monoisotopic (exact) mass is 407 g/mol. The molecule has 1 rings (SSSR count). The Bertz CT molecular complexity index is 697. The van der Waals surface area contributed by atoms with Crippen LogP contribution in [0.1, 0.15) is 50.8 Å². The molecule has 1 aromatic rings. The van der Waals surface area contributed by atoms with Crippen LogP contribution in [0.5, 0.6) is 0 Å². The van der Waals surface area contributed by atoms with Gasteiger partial charge >= 0.3 is 6.18 Å². The van der Waals surface area contributed by atoms with Crippen LogP contribution in [0, 0.1) is 0 Å². The first-order valence-electron chi connectivity index (χ1n) is 8.13. The van der Waals surface area contributed by atoms with Crippen LogP contribution >= 0.6 is 23.2 Å². The van der Waals surface area contributed by atoms with Gasteiger partial charge in [-0.25, -0.2) is 4.99 Å².